The van der Waals surface area contributed by atoms with E-state index < -0.39 is 0 Å². The highest BCUT2D eigenvalue weighted by molar-refractivity contribution is 4.64. The van der Waals surface area contributed by atoms with Gasteiger partial charge in [0, 0.05) is 0 Å². The fourth-order valence-electron chi connectivity index (χ4n) is 1.55. The van der Waals surface area contributed by atoms with Crippen LogP contribution in [-0.2, 0) is 0 Å². The molecule has 1 aliphatic carbocycles. The zero-order valence-corrected chi connectivity index (χ0v) is 6.42. The number of rotatable bonds is 1. The van der Waals surface area contributed by atoms with Gasteiger partial charge >= 0.3 is 0 Å². The van der Waals surface area contributed by atoms with Crippen LogP contribution in [0.3, 0.4) is 0 Å². The average molecular weight is 142 g/mol. The molecule has 0 saturated heterocycles. The van der Waals surface area contributed by atoms with Crippen LogP contribution in [0.2, 0.25) is 0 Å². The topological polar surface area (TPSA) is 34.3 Å². The number of hydrogen-bond acceptors (Lipinski definition) is 1. The molecule has 0 bridgehead atoms. The van der Waals surface area contributed by atoms with Crippen molar-refractivity contribution in [3.05, 3.63) is 0 Å². The third kappa shape index (κ3) is 2.67. The molecule has 1 radical (unpaired) electrons. The molecular weight excluding hydrogens is 126 g/mol. The Morgan fingerprint density at radius 3 is 1.90 bits per heavy atom. The van der Waals surface area contributed by atoms with Crippen LogP contribution in [0.15, 0.2) is 0 Å². The third-order valence-corrected chi connectivity index (χ3v) is 2.24. The molecule has 59 valence electrons. The first kappa shape index (κ1) is 8.02. The summed E-state index contributed by atoms with van der Waals surface area (Å²) in [5.74, 6) is 0. The second kappa shape index (κ2) is 4.69. The molecule has 2 heteroatoms. The summed E-state index contributed by atoms with van der Waals surface area (Å²) in [7, 11) is 0. The summed E-state index contributed by atoms with van der Waals surface area (Å²) in [5.41, 5.74) is 3.35. The first-order valence-corrected chi connectivity index (χ1v) is 4.27. The summed E-state index contributed by atoms with van der Waals surface area (Å²) in [5, 5.41) is 8.53. The standard InChI is InChI=1S/C8H16NO/c10-9-8-6-4-2-1-3-5-7-8/h8,10H,1-7H2. The number of hydrogen-bond donors (Lipinski definition) is 1. The Labute approximate surface area is 62.6 Å². The van der Waals surface area contributed by atoms with E-state index in [4.69, 9.17) is 5.21 Å². The van der Waals surface area contributed by atoms with Gasteiger partial charge in [-0.3, -0.25) is 5.21 Å². The molecule has 0 heterocycles. The van der Waals surface area contributed by atoms with E-state index in [9.17, 15) is 0 Å². The Bertz CT molecular complexity index is 77.3. The number of hydroxylamine groups is 1. The summed E-state index contributed by atoms with van der Waals surface area (Å²) < 4.78 is 0. The highest BCUT2D eigenvalue weighted by Gasteiger charge is 2.09. The molecule has 0 spiro atoms. The molecule has 2 nitrogen and oxygen atoms in total. The number of nitrogens with zero attached hydrogens (tertiary/aromatic N) is 1. The zero-order chi connectivity index (χ0) is 7.23. The summed E-state index contributed by atoms with van der Waals surface area (Å²) in [6.07, 6.45) is 8.70. The van der Waals surface area contributed by atoms with Gasteiger partial charge in [0.2, 0.25) is 0 Å². The van der Waals surface area contributed by atoms with Gasteiger partial charge in [0.25, 0.3) is 0 Å². The van der Waals surface area contributed by atoms with E-state index in [1.54, 1.807) is 0 Å². The average Bonchev–Trinajstić information content (AvgIpc) is 1.87. The molecular formula is C8H16NO. The predicted octanol–water partition coefficient (Wildman–Crippen LogP) is 2.09. The van der Waals surface area contributed by atoms with Gasteiger partial charge in [0.05, 0.1) is 6.04 Å². The van der Waals surface area contributed by atoms with Gasteiger partial charge in [-0.2, -0.15) is 0 Å². The Morgan fingerprint density at radius 1 is 0.900 bits per heavy atom. The lowest BCUT2D eigenvalue weighted by molar-refractivity contribution is 0.102. The van der Waals surface area contributed by atoms with Crippen molar-refractivity contribution in [2.24, 2.45) is 0 Å². The molecule has 1 N–H and O–H groups in total. The van der Waals surface area contributed by atoms with Crippen LogP contribution in [0.4, 0.5) is 0 Å². The lowest BCUT2D eigenvalue weighted by atomic mass is 9.97. The van der Waals surface area contributed by atoms with Crippen LogP contribution in [0, 0.1) is 0 Å². The fraction of sp³-hybridized carbons (Fsp3) is 1.00. The second-order valence-electron chi connectivity index (χ2n) is 3.11. The third-order valence-electron chi connectivity index (χ3n) is 2.24. The van der Waals surface area contributed by atoms with Crippen LogP contribution in [0.1, 0.15) is 44.9 Å². The van der Waals surface area contributed by atoms with Crippen LogP contribution in [0.5, 0.6) is 0 Å². The van der Waals surface area contributed by atoms with Crippen LogP contribution in [0.25, 0.3) is 0 Å². The molecule has 0 aromatic heterocycles. The molecule has 1 aliphatic rings. The normalized spacial score (nSPS) is 23.7. The van der Waals surface area contributed by atoms with Crippen molar-refractivity contribution in [3.63, 3.8) is 0 Å². The van der Waals surface area contributed by atoms with E-state index in [0.717, 1.165) is 12.8 Å². The van der Waals surface area contributed by atoms with Crippen LogP contribution >= 0.6 is 0 Å². The minimum absolute atomic E-state index is 0.250. The van der Waals surface area contributed by atoms with Gasteiger partial charge in [-0.1, -0.05) is 37.6 Å². The Balaban J connectivity index is 2.16. The smallest absolute Gasteiger partial charge is 0.0535 e. The molecule has 0 aromatic rings. The largest absolute Gasteiger partial charge is 0.297 e. The zero-order valence-electron chi connectivity index (χ0n) is 6.42. The molecule has 1 fully saturated rings. The molecule has 0 aromatic carbocycles. The van der Waals surface area contributed by atoms with Gasteiger partial charge in [0.15, 0.2) is 0 Å². The first-order chi connectivity index (χ1) is 4.93. The van der Waals surface area contributed by atoms with E-state index in [1.165, 1.54) is 32.1 Å². The molecule has 10 heavy (non-hydrogen) atoms. The van der Waals surface area contributed by atoms with E-state index in [1.807, 2.05) is 0 Å². The maximum Gasteiger partial charge on any atom is 0.0535 e. The molecule has 1 rings (SSSR count). The van der Waals surface area contributed by atoms with Crippen molar-refractivity contribution < 1.29 is 5.21 Å². The lowest BCUT2D eigenvalue weighted by Gasteiger charge is -2.15. The highest BCUT2D eigenvalue weighted by Crippen LogP contribution is 2.16. The summed E-state index contributed by atoms with van der Waals surface area (Å²) in [4.78, 5) is 0. The quantitative estimate of drug-likeness (QED) is 0.559. The minimum atomic E-state index is 0.250. The van der Waals surface area contributed by atoms with Crippen molar-refractivity contribution in [1.29, 1.82) is 0 Å². The van der Waals surface area contributed by atoms with Crippen molar-refractivity contribution in [2.75, 3.05) is 0 Å². The van der Waals surface area contributed by atoms with E-state index in [0.29, 0.717) is 0 Å². The summed E-state index contributed by atoms with van der Waals surface area (Å²) in [6, 6.07) is 0.250. The van der Waals surface area contributed by atoms with Crippen LogP contribution < -0.4 is 5.48 Å². The van der Waals surface area contributed by atoms with Crippen molar-refractivity contribution >= 4 is 0 Å². The fourth-order valence-corrected chi connectivity index (χ4v) is 1.55. The Kier molecular flexibility index (Phi) is 3.76. The Morgan fingerprint density at radius 2 is 1.40 bits per heavy atom. The van der Waals surface area contributed by atoms with Gasteiger partial charge in [-0.15, -0.1) is 0 Å². The first-order valence-electron chi connectivity index (χ1n) is 4.27. The molecule has 0 atom stereocenters. The van der Waals surface area contributed by atoms with Crippen molar-refractivity contribution in [3.8, 4) is 0 Å². The maximum atomic E-state index is 8.53. The lowest BCUT2D eigenvalue weighted by Crippen LogP contribution is -2.19. The van der Waals surface area contributed by atoms with Gasteiger partial charge in [-0.25, -0.2) is 0 Å². The summed E-state index contributed by atoms with van der Waals surface area (Å²) in [6.45, 7) is 0. The van der Waals surface area contributed by atoms with Gasteiger partial charge in [-0.05, 0) is 12.8 Å². The molecule has 1 saturated carbocycles. The minimum Gasteiger partial charge on any atom is -0.297 e. The molecule has 0 aliphatic heterocycles. The van der Waals surface area contributed by atoms with Gasteiger partial charge < -0.3 is 0 Å². The Hall–Kier alpha value is -0.0800. The highest BCUT2D eigenvalue weighted by atomic mass is 16.5. The van der Waals surface area contributed by atoms with E-state index >= 15 is 0 Å². The predicted molar refractivity (Wildman–Crippen MR) is 40.0 cm³/mol. The molecule has 0 amide bonds. The van der Waals surface area contributed by atoms with Crippen molar-refractivity contribution in [1.82, 2.24) is 5.48 Å². The molecule has 0 unspecified atom stereocenters. The maximum absolute atomic E-state index is 8.53. The monoisotopic (exact) mass is 142 g/mol. The van der Waals surface area contributed by atoms with Crippen molar-refractivity contribution in [2.45, 2.75) is 51.0 Å². The SMILES string of the molecule is O[N]C1CCCCCCC1. The van der Waals surface area contributed by atoms with Gasteiger partial charge in [0.1, 0.15) is 0 Å². The second-order valence-corrected chi connectivity index (χ2v) is 3.11. The van der Waals surface area contributed by atoms with E-state index in [2.05, 4.69) is 5.48 Å². The van der Waals surface area contributed by atoms with Crippen LogP contribution in [-0.4, -0.2) is 11.2 Å². The van der Waals surface area contributed by atoms with E-state index in [-0.39, 0.29) is 6.04 Å². The summed E-state index contributed by atoms with van der Waals surface area (Å²) >= 11 is 0.